The van der Waals surface area contributed by atoms with Crippen LogP contribution in [-0.4, -0.2) is 46.7 Å². The van der Waals surface area contributed by atoms with Crippen molar-refractivity contribution in [3.05, 3.63) is 66.0 Å². The number of allylic oxidation sites excluding steroid dienone is 5. The Morgan fingerprint density at radius 3 is 2.74 bits per heavy atom. The molecule has 1 amide bonds. The lowest BCUT2D eigenvalue weighted by molar-refractivity contribution is -0.190. The van der Waals surface area contributed by atoms with Gasteiger partial charge in [-0.05, 0) is 38.0 Å². The summed E-state index contributed by atoms with van der Waals surface area (Å²) in [6.07, 6.45) is 4.80. The van der Waals surface area contributed by atoms with Gasteiger partial charge in [0, 0.05) is 12.2 Å². The number of nitrogens with zero attached hydrogens (tertiary/aromatic N) is 2. The predicted octanol–water partition coefficient (Wildman–Crippen LogP) is 4.14. The second-order valence-electron chi connectivity index (χ2n) is 7.19. The molecule has 2 aliphatic rings. The SMILES string of the molecule is C\C=C/C=C\C=C\C1(CCCO)C2COc3ccc(F)cc3C2=NN1C(=O)C(F)(F)F. The molecule has 0 aromatic heterocycles. The van der Waals surface area contributed by atoms with E-state index in [1.165, 1.54) is 24.3 Å². The molecule has 1 aromatic carbocycles. The number of carbonyl (C=O) groups excluding carboxylic acids is 1. The van der Waals surface area contributed by atoms with Crippen molar-refractivity contribution in [2.24, 2.45) is 11.0 Å². The fourth-order valence-corrected chi connectivity index (χ4v) is 3.85. The minimum absolute atomic E-state index is 0.00491. The molecule has 166 valence electrons. The second kappa shape index (κ2) is 9.05. The van der Waals surface area contributed by atoms with Crippen molar-refractivity contribution in [2.75, 3.05) is 13.2 Å². The Labute approximate surface area is 177 Å². The van der Waals surface area contributed by atoms with Gasteiger partial charge >= 0.3 is 12.1 Å². The van der Waals surface area contributed by atoms with Gasteiger partial charge < -0.3 is 9.84 Å². The van der Waals surface area contributed by atoms with Crippen LogP contribution in [0, 0.1) is 11.7 Å². The molecule has 3 rings (SSSR count). The molecule has 2 unspecified atom stereocenters. The summed E-state index contributed by atoms with van der Waals surface area (Å²) in [6.45, 7) is 1.48. The van der Waals surface area contributed by atoms with Crippen LogP contribution >= 0.6 is 0 Å². The summed E-state index contributed by atoms with van der Waals surface area (Å²) in [5.74, 6) is -3.22. The van der Waals surface area contributed by atoms with E-state index < -0.39 is 29.4 Å². The van der Waals surface area contributed by atoms with Gasteiger partial charge in [-0.3, -0.25) is 4.79 Å². The smallest absolute Gasteiger partial charge is 0.473 e. The van der Waals surface area contributed by atoms with Crippen LogP contribution in [0.25, 0.3) is 0 Å². The average Bonchev–Trinajstić information content (AvgIpc) is 3.05. The van der Waals surface area contributed by atoms with Crippen LogP contribution in [0.2, 0.25) is 0 Å². The Balaban J connectivity index is 2.15. The number of hydrogen-bond donors (Lipinski definition) is 1. The number of halogens is 4. The third-order valence-corrected chi connectivity index (χ3v) is 5.24. The Kier molecular flexibility index (Phi) is 6.64. The Hall–Kier alpha value is -2.94. The number of benzene rings is 1. The molecule has 0 radical (unpaired) electrons. The molecule has 2 atom stereocenters. The minimum atomic E-state index is -5.16. The van der Waals surface area contributed by atoms with Crippen LogP contribution in [-0.2, 0) is 4.79 Å². The number of ether oxygens (including phenoxy) is 1. The van der Waals surface area contributed by atoms with Gasteiger partial charge in [-0.2, -0.15) is 18.3 Å². The Morgan fingerprint density at radius 2 is 2.06 bits per heavy atom. The molecule has 0 fully saturated rings. The summed E-state index contributed by atoms with van der Waals surface area (Å²) in [5, 5.41) is 13.8. The van der Waals surface area contributed by atoms with E-state index in [9.17, 15) is 27.5 Å². The first-order valence-corrected chi connectivity index (χ1v) is 9.75. The third-order valence-electron chi connectivity index (χ3n) is 5.24. The Bertz CT molecular complexity index is 953. The maximum Gasteiger partial charge on any atom is 0.473 e. The highest BCUT2D eigenvalue weighted by Gasteiger charge is 2.58. The molecule has 0 spiro atoms. The topological polar surface area (TPSA) is 62.1 Å². The maximum atomic E-state index is 13.9. The summed E-state index contributed by atoms with van der Waals surface area (Å²) in [4.78, 5) is 12.4. The lowest BCUT2D eigenvalue weighted by atomic mass is 9.75. The van der Waals surface area contributed by atoms with E-state index in [1.54, 1.807) is 24.3 Å². The first-order chi connectivity index (χ1) is 14.7. The van der Waals surface area contributed by atoms with Gasteiger partial charge in [-0.1, -0.05) is 36.5 Å². The van der Waals surface area contributed by atoms with Gasteiger partial charge in [0.15, 0.2) is 0 Å². The maximum absolute atomic E-state index is 13.9. The predicted molar refractivity (Wildman–Crippen MR) is 107 cm³/mol. The molecular weight excluding hydrogens is 416 g/mol. The zero-order chi connectivity index (χ0) is 22.6. The van der Waals surface area contributed by atoms with Crippen molar-refractivity contribution in [3.8, 4) is 5.75 Å². The fourth-order valence-electron chi connectivity index (χ4n) is 3.85. The first-order valence-electron chi connectivity index (χ1n) is 9.75. The molecule has 31 heavy (non-hydrogen) atoms. The van der Waals surface area contributed by atoms with Crippen molar-refractivity contribution in [1.82, 2.24) is 5.01 Å². The molecule has 0 bridgehead atoms. The zero-order valence-corrected chi connectivity index (χ0v) is 16.8. The Morgan fingerprint density at radius 1 is 1.32 bits per heavy atom. The number of hydrazone groups is 1. The van der Waals surface area contributed by atoms with E-state index in [-0.39, 0.29) is 43.1 Å². The second-order valence-corrected chi connectivity index (χ2v) is 7.19. The van der Waals surface area contributed by atoms with Gasteiger partial charge in [0.05, 0.1) is 23.8 Å². The van der Waals surface area contributed by atoms with Gasteiger partial charge in [0.1, 0.15) is 11.6 Å². The number of hydrogen-bond acceptors (Lipinski definition) is 4. The number of rotatable bonds is 6. The molecule has 0 saturated heterocycles. The highest BCUT2D eigenvalue weighted by Crippen LogP contribution is 2.46. The van der Waals surface area contributed by atoms with E-state index in [2.05, 4.69) is 5.10 Å². The highest BCUT2D eigenvalue weighted by molar-refractivity contribution is 6.08. The van der Waals surface area contributed by atoms with Crippen molar-refractivity contribution in [3.63, 3.8) is 0 Å². The zero-order valence-electron chi connectivity index (χ0n) is 16.8. The normalized spacial score (nSPS) is 23.4. The summed E-state index contributed by atoms with van der Waals surface area (Å²) in [5.41, 5.74) is -1.17. The summed E-state index contributed by atoms with van der Waals surface area (Å²) in [7, 11) is 0. The molecule has 2 heterocycles. The van der Waals surface area contributed by atoms with Crippen LogP contribution in [0.3, 0.4) is 0 Å². The van der Waals surface area contributed by atoms with E-state index >= 15 is 0 Å². The molecular formula is C22H22F4N2O3. The molecule has 1 aromatic rings. The van der Waals surface area contributed by atoms with Crippen molar-refractivity contribution in [1.29, 1.82) is 0 Å². The van der Waals surface area contributed by atoms with E-state index in [4.69, 9.17) is 4.74 Å². The van der Waals surface area contributed by atoms with Crippen LogP contribution in [0.15, 0.2) is 59.8 Å². The fraction of sp³-hybridized carbons (Fsp3) is 0.364. The van der Waals surface area contributed by atoms with E-state index in [0.717, 1.165) is 6.07 Å². The molecule has 1 N–H and O–H groups in total. The quantitative estimate of drug-likeness (QED) is 0.536. The number of amides is 1. The van der Waals surface area contributed by atoms with Crippen LogP contribution in [0.5, 0.6) is 5.75 Å². The van der Waals surface area contributed by atoms with Crippen molar-refractivity contribution >= 4 is 11.6 Å². The summed E-state index contributed by atoms with van der Waals surface area (Å²) < 4.78 is 59.9. The lowest BCUT2D eigenvalue weighted by Crippen LogP contribution is -2.55. The first kappa shape index (κ1) is 22.7. The monoisotopic (exact) mass is 438 g/mol. The largest absolute Gasteiger partial charge is 0.492 e. The molecule has 5 nitrogen and oxygen atoms in total. The molecule has 0 aliphatic carbocycles. The average molecular weight is 438 g/mol. The van der Waals surface area contributed by atoms with E-state index in [0.29, 0.717) is 5.01 Å². The van der Waals surface area contributed by atoms with Crippen LogP contribution in [0.4, 0.5) is 17.6 Å². The minimum Gasteiger partial charge on any atom is -0.492 e. The van der Waals surface area contributed by atoms with Gasteiger partial charge in [-0.15, -0.1) is 0 Å². The summed E-state index contributed by atoms with van der Waals surface area (Å²) in [6, 6.07) is 3.69. The number of alkyl halides is 3. The standard InChI is InChI=1S/C22H22F4N2O3/c1-2-3-4-5-6-10-21(11-7-12-29)17-14-31-18-9-8-15(23)13-16(18)19(17)27-28(21)20(30)22(24,25)26/h2-6,8-10,13,17,29H,7,11-12,14H2,1H3/b3-2-,5-4-,10-6+. The van der Waals surface area contributed by atoms with Crippen LogP contribution in [0.1, 0.15) is 25.3 Å². The number of aliphatic hydroxyl groups is 1. The number of aliphatic hydroxyl groups excluding tert-OH is 1. The molecule has 0 saturated carbocycles. The van der Waals surface area contributed by atoms with Crippen molar-refractivity contribution in [2.45, 2.75) is 31.5 Å². The van der Waals surface area contributed by atoms with Gasteiger partial charge in [0.2, 0.25) is 0 Å². The van der Waals surface area contributed by atoms with Gasteiger partial charge in [-0.25, -0.2) is 9.40 Å². The third kappa shape index (κ3) is 4.41. The van der Waals surface area contributed by atoms with E-state index in [1.807, 2.05) is 6.92 Å². The highest BCUT2D eigenvalue weighted by atomic mass is 19.4. The molecule has 2 aliphatic heterocycles. The van der Waals surface area contributed by atoms with Gasteiger partial charge in [0.25, 0.3) is 0 Å². The lowest BCUT2D eigenvalue weighted by Gasteiger charge is -2.40. The molecule has 9 heteroatoms. The summed E-state index contributed by atoms with van der Waals surface area (Å²) >= 11 is 0. The van der Waals surface area contributed by atoms with Crippen molar-refractivity contribution < 1.29 is 32.2 Å². The van der Waals surface area contributed by atoms with Crippen LogP contribution < -0.4 is 4.74 Å². The number of carbonyl (C=O) groups is 1. The number of fused-ring (bicyclic) bond motifs is 3.